The molecular weight excluding hydrogens is 210 g/mol. The van der Waals surface area contributed by atoms with Gasteiger partial charge in [0.15, 0.2) is 0 Å². The van der Waals surface area contributed by atoms with Gasteiger partial charge in [-0.3, -0.25) is 0 Å². The number of aromatic nitrogens is 3. The van der Waals surface area contributed by atoms with E-state index in [9.17, 15) is 0 Å². The van der Waals surface area contributed by atoms with E-state index >= 15 is 0 Å². The van der Waals surface area contributed by atoms with Crippen LogP contribution in [-0.2, 0) is 7.05 Å². The first-order valence-corrected chi connectivity index (χ1v) is 5.84. The first-order chi connectivity index (χ1) is 8.11. The normalized spacial score (nSPS) is 11.5. The summed E-state index contributed by atoms with van der Waals surface area (Å²) in [7, 11) is 2.07. The highest BCUT2D eigenvalue weighted by atomic mass is 15.2. The van der Waals surface area contributed by atoms with Crippen molar-refractivity contribution in [1.82, 2.24) is 9.38 Å². The summed E-state index contributed by atoms with van der Waals surface area (Å²) in [6.45, 7) is 6.36. The average Bonchev–Trinajstić information content (AvgIpc) is 2.61. The van der Waals surface area contributed by atoms with Crippen molar-refractivity contribution in [3.05, 3.63) is 41.2 Å². The van der Waals surface area contributed by atoms with Gasteiger partial charge in [0, 0.05) is 5.56 Å². The van der Waals surface area contributed by atoms with E-state index in [4.69, 9.17) is 4.98 Å². The number of para-hydroxylation sites is 2. The van der Waals surface area contributed by atoms with E-state index in [-0.39, 0.29) is 0 Å². The molecule has 0 bridgehead atoms. The maximum atomic E-state index is 4.70. The van der Waals surface area contributed by atoms with Crippen LogP contribution in [0.5, 0.6) is 0 Å². The van der Waals surface area contributed by atoms with Crippen LogP contribution in [0.15, 0.2) is 24.3 Å². The molecule has 3 heteroatoms. The Bertz CT molecular complexity index is 738. The molecule has 0 aliphatic rings. The molecule has 0 unspecified atom stereocenters. The number of fused-ring (bicyclic) bond motifs is 3. The van der Waals surface area contributed by atoms with Gasteiger partial charge in [0.05, 0.1) is 12.7 Å². The number of aryl methyl sites for hydroxylation is 3. The molecule has 0 aliphatic carbocycles. The van der Waals surface area contributed by atoms with Crippen LogP contribution in [0.3, 0.4) is 0 Å². The quantitative estimate of drug-likeness (QED) is 0.539. The summed E-state index contributed by atoms with van der Waals surface area (Å²) >= 11 is 0. The van der Waals surface area contributed by atoms with Gasteiger partial charge < -0.3 is 0 Å². The molecular formula is C14H16N3+. The Balaban J connectivity index is 2.68. The minimum Gasteiger partial charge on any atom is -0.227 e. The Kier molecular flexibility index (Phi) is 1.99. The van der Waals surface area contributed by atoms with E-state index in [0.717, 1.165) is 11.5 Å². The third-order valence-electron chi connectivity index (χ3n) is 3.67. The summed E-state index contributed by atoms with van der Waals surface area (Å²) in [5.74, 6) is 1.01. The largest absolute Gasteiger partial charge is 0.404 e. The van der Waals surface area contributed by atoms with Gasteiger partial charge in [-0.15, -0.1) is 0 Å². The van der Waals surface area contributed by atoms with Crippen LogP contribution in [0, 0.1) is 20.8 Å². The molecule has 2 aromatic heterocycles. The number of imidazole rings is 1. The molecule has 3 aromatic rings. The fraction of sp³-hybridized carbons (Fsp3) is 0.286. The van der Waals surface area contributed by atoms with Gasteiger partial charge in [-0.2, -0.15) is 4.40 Å². The molecule has 2 heterocycles. The van der Waals surface area contributed by atoms with Crippen molar-refractivity contribution >= 4 is 16.8 Å². The minimum atomic E-state index is 1.01. The van der Waals surface area contributed by atoms with E-state index in [0.29, 0.717) is 0 Å². The molecule has 0 saturated heterocycles. The van der Waals surface area contributed by atoms with E-state index < -0.39 is 0 Å². The highest BCUT2D eigenvalue weighted by molar-refractivity contribution is 5.75. The summed E-state index contributed by atoms with van der Waals surface area (Å²) in [5.41, 5.74) is 6.07. The van der Waals surface area contributed by atoms with E-state index in [2.05, 4.69) is 61.1 Å². The summed E-state index contributed by atoms with van der Waals surface area (Å²) < 4.78 is 4.38. The minimum absolute atomic E-state index is 1.01. The van der Waals surface area contributed by atoms with Crippen LogP contribution in [-0.4, -0.2) is 9.38 Å². The van der Waals surface area contributed by atoms with E-state index in [1.54, 1.807) is 0 Å². The smallest absolute Gasteiger partial charge is 0.227 e. The molecule has 0 radical (unpaired) electrons. The van der Waals surface area contributed by atoms with Crippen LogP contribution in [0.25, 0.3) is 16.8 Å². The predicted molar refractivity (Wildman–Crippen MR) is 68.1 cm³/mol. The lowest BCUT2D eigenvalue weighted by Crippen LogP contribution is -2.28. The Labute approximate surface area is 100 Å². The molecule has 0 aliphatic heterocycles. The first-order valence-electron chi connectivity index (χ1n) is 5.84. The second-order valence-electron chi connectivity index (χ2n) is 4.59. The van der Waals surface area contributed by atoms with Crippen molar-refractivity contribution in [1.29, 1.82) is 0 Å². The SMILES string of the molecule is Cc1nc2n(c(C)c1C)c1ccccc1[n+]2C. The Morgan fingerprint density at radius 2 is 1.82 bits per heavy atom. The van der Waals surface area contributed by atoms with Crippen LogP contribution in [0.2, 0.25) is 0 Å². The lowest BCUT2D eigenvalue weighted by molar-refractivity contribution is -0.620. The number of benzene rings is 1. The zero-order valence-corrected chi connectivity index (χ0v) is 10.7. The number of hydrogen-bond donors (Lipinski definition) is 0. The summed E-state index contributed by atoms with van der Waals surface area (Å²) in [4.78, 5) is 4.70. The van der Waals surface area contributed by atoms with Gasteiger partial charge in [0.25, 0.3) is 0 Å². The third kappa shape index (κ3) is 1.22. The van der Waals surface area contributed by atoms with Gasteiger partial charge in [0.2, 0.25) is 0 Å². The molecule has 0 saturated carbocycles. The molecule has 0 spiro atoms. The van der Waals surface area contributed by atoms with Crippen LogP contribution >= 0.6 is 0 Å². The van der Waals surface area contributed by atoms with Crippen LogP contribution in [0.4, 0.5) is 0 Å². The Morgan fingerprint density at radius 1 is 1.12 bits per heavy atom. The molecule has 3 nitrogen and oxygen atoms in total. The monoisotopic (exact) mass is 226 g/mol. The van der Waals surface area contributed by atoms with Crippen molar-refractivity contribution in [2.75, 3.05) is 0 Å². The van der Waals surface area contributed by atoms with Crippen molar-refractivity contribution in [2.24, 2.45) is 7.05 Å². The van der Waals surface area contributed by atoms with Crippen molar-refractivity contribution in [3.8, 4) is 0 Å². The summed E-state index contributed by atoms with van der Waals surface area (Å²) in [6.07, 6.45) is 0. The lowest BCUT2D eigenvalue weighted by atomic mass is 10.2. The van der Waals surface area contributed by atoms with Crippen LogP contribution in [0.1, 0.15) is 17.0 Å². The predicted octanol–water partition coefficient (Wildman–Crippen LogP) is 2.24. The fourth-order valence-corrected chi connectivity index (χ4v) is 2.42. The number of rotatable bonds is 0. The Morgan fingerprint density at radius 3 is 2.59 bits per heavy atom. The number of nitrogens with zero attached hydrogens (tertiary/aromatic N) is 3. The highest BCUT2D eigenvalue weighted by Gasteiger charge is 2.20. The number of hydrogen-bond acceptors (Lipinski definition) is 1. The molecule has 0 fully saturated rings. The van der Waals surface area contributed by atoms with Gasteiger partial charge in [-0.1, -0.05) is 17.1 Å². The van der Waals surface area contributed by atoms with Gasteiger partial charge in [-0.05, 0) is 32.9 Å². The zero-order valence-electron chi connectivity index (χ0n) is 10.7. The lowest BCUT2D eigenvalue weighted by Gasteiger charge is -2.00. The summed E-state index contributed by atoms with van der Waals surface area (Å²) in [6, 6.07) is 8.42. The molecule has 17 heavy (non-hydrogen) atoms. The van der Waals surface area contributed by atoms with Crippen molar-refractivity contribution in [2.45, 2.75) is 20.8 Å². The van der Waals surface area contributed by atoms with Crippen molar-refractivity contribution < 1.29 is 4.57 Å². The topological polar surface area (TPSA) is 21.2 Å². The van der Waals surface area contributed by atoms with Gasteiger partial charge in [-0.25, -0.2) is 4.57 Å². The third-order valence-corrected chi connectivity index (χ3v) is 3.67. The summed E-state index contributed by atoms with van der Waals surface area (Å²) in [5, 5.41) is 0. The average molecular weight is 226 g/mol. The van der Waals surface area contributed by atoms with Gasteiger partial charge in [0.1, 0.15) is 16.7 Å². The molecule has 0 amide bonds. The Hall–Kier alpha value is -1.90. The van der Waals surface area contributed by atoms with Crippen LogP contribution < -0.4 is 4.57 Å². The second-order valence-corrected chi connectivity index (χ2v) is 4.59. The maximum absolute atomic E-state index is 4.70. The highest BCUT2D eigenvalue weighted by Crippen LogP contribution is 2.18. The molecule has 1 aromatic carbocycles. The fourth-order valence-electron chi connectivity index (χ4n) is 2.42. The van der Waals surface area contributed by atoms with Gasteiger partial charge >= 0.3 is 5.78 Å². The molecule has 0 atom stereocenters. The maximum Gasteiger partial charge on any atom is 0.404 e. The zero-order chi connectivity index (χ0) is 12.2. The van der Waals surface area contributed by atoms with Crippen molar-refractivity contribution in [3.63, 3.8) is 0 Å². The van der Waals surface area contributed by atoms with E-state index in [1.807, 2.05) is 0 Å². The molecule has 3 rings (SSSR count). The van der Waals surface area contributed by atoms with E-state index in [1.165, 1.54) is 22.3 Å². The molecule has 86 valence electrons. The second kappa shape index (κ2) is 3.29. The standard InChI is InChI=1S/C14H16N3/c1-9-10(2)15-14-16(4)12-7-5-6-8-13(12)17(14)11(9)3/h5-8H,1-4H3/q+1. The molecule has 0 N–H and O–H groups in total. The first kappa shape index (κ1) is 10.3.